The lowest BCUT2D eigenvalue weighted by Gasteiger charge is -2.38. The molecule has 0 saturated carbocycles. The summed E-state index contributed by atoms with van der Waals surface area (Å²) in [5, 5.41) is 12.6. The third-order valence-electron chi connectivity index (χ3n) is 4.68. The van der Waals surface area contributed by atoms with Crippen molar-refractivity contribution in [3.05, 3.63) is 59.5 Å². The minimum Gasteiger partial charge on any atom is -0.462 e. The topological polar surface area (TPSA) is 48.6 Å². The molecule has 1 aliphatic rings. The normalized spacial score (nSPS) is 22.3. The molecule has 2 aromatic rings. The van der Waals surface area contributed by atoms with E-state index in [1.54, 1.807) is 0 Å². The van der Waals surface area contributed by atoms with E-state index in [1.165, 1.54) is 5.56 Å². The van der Waals surface area contributed by atoms with Crippen LogP contribution < -0.4 is 5.32 Å². The van der Waals surface area contributed by atoms with Crippen LogP contribution in [0.5, 0.6) is 0 Å². The van der Waals surface area contributed by atoms with Gasteiger partial charge in [0.15, 0.2) is 0 Å². The highest BCUT2D eigenvalue weighted by Crippen LogP contribution is 2.20. The van der Waals surface area contributed by atoms with Crippen LogP contribution in [-0.4, -0.2) is 28.6 Å². The Morgan fingerprint density at radius 1 is 1.17 bits per heavy atom. The number of rotatable bonds is 6. The number of hydrogen-bond acceptors (Lipinski definition) is 4. The van der Waals surface area contributed by atoms with Crippen LogP contribution in [0.15, 0.2) is 46.9 Å². The number of nitrogens with zero attached hydrogens (tertiary/aromatic N) is 1. The molecular weight excluding hydrogens is 288 g/mol. The molecule has 0 unspecified atom stereocenters. The van der Waals surface area contributed by atoms with Crippen LogP contribution in [0, 0.1) is 0 Å². The van der Waals surface area contributed by atoms with Crippen molar-refractivity contribution in [1.82, 2.24) is 10.2 Å². The summed E-state index contributed by atoms with van der Waals surface area (Å²) in [6, 6.07) is 15.6. The molecule has 0 radical (unpaired) electrons. The number of furan rings is 1. The maximum absolute atomic E-state index is 9.03. The predicted molar refractivity (Wildman–Crippen MR) is 90.8 cm³/mol. The number of aliphatic hydroxyl groups excluding tert-OH is 1. The second-order valence-electron chi connectivity index (χ2n) is 6.43. The van der Waals surface area contributed by atoms with Crippen molar-refractivity contribution < 1.29 is 9.52 Å². The standard InChI is InChI=1S/C19H26N2O2/c1-15-11-17(20-12-18-7-8-19(14-22)23-18)9-10-21(15)13-16-5-3-2-4-6-16/h2-8,15,17,20,22H,9-14H2,1H3/t15-,17-/m1/s1. The number of nitrogens with one attached hydrogen (secondary N) is 1. The van der Waals surface area contributed by atoms with Crippen LogP contribution >= 0.6 is 0 Å². The molecule has 1 aromatic heterocycles. The Kier molecular flexibility index (Phi) is 5.49. The summed E-state index contributed by atoms with van der Waals surface area (Å²) in [6.07, 6.45) is 2.31. The molecule has 1 aromatic carbocycles. The van der Waals surface area contributed by atoms with Crippen molar-refractivity contribution in [2.45, 2.75) is 51.5 Å². The zero-order valence-corrected chi connectivity index (χ0v) is 13.7. The van der Waals surface area contributed by atoms with Gasteiger partial charge in [0.2, 0.25) is 0 Å². The molecule has 3 rings (SSSR count). The number of piperidine rings is 1. The van der Waals surface area contributed by atoms with E-state index in [0.29, 0.717) is 17.8 Å². The first-order valence-corrected chi connectivity index (χ1v) is 8.44. The molecule has 2 heterocycles. The van der Waals surface area contributed by atoms with E-state index in [-0.39, 0.29) is 6.61 Å². The van der Waals surface area contributed by atoms with Crippen molar-refractivity contribution >= 4 is 0 Å². The third-order valence-corrected chi connectivity index (χ3v) is 4.68. The van der Waals surface area contributed by atoms with Crippen molar-refractivity contribution in [3.63, 3.8) is 0 Å². The molecule has 4 nitrogen and oxygen atoms in total. The van der Waals surface area contributed by atoms with E-state index in [9.17, 15) is 0 Å². The Morgan fingerprint density at radius 3 is 2.65 bits per heavy atom. The fourth-order valence-electron chi connectivity index (χ4n) is 3.31. The van der Waals surface area contributed by atoms with Gasteiger partial charge in [0.25, 0.3) is 0 Å². The summed E-state index contributed by atoms with van der Waals surface area (Å²) in [6.45, 7) is 5.17. The molecule has 124 valence electrons. The lowest BCUT2D eigenvalue weighted by atomic mass is 9.97. The van der Waals surface area contributed by atoms with E-state index < -0.39 is 0 Å². The Labute approximate surface area is 138 Å². The van der Waals surface area contributed by atoms with Gasteiger partial charge in [-0.3, -0.25) is 4.90 Å². The predicted octanol–water partition coefficient (Wildman–Crippen LogP) is 2.91. The van der Waals surface area contributed by atoms with E-state index in [0.717, 1.165) is 38.2 Å². The highest BCUT2D eigenvalue weighted by molar-refractivity contribution is 5.14. The lowest BCUT2D eigenvalue weighted by molar-refractivity contribution is 0.127. The molecule has 2 N–H and O–H groups in total. The van der Waals surface area contributed by atoms with Gasteiger partial charge in [-0.2, -0.15) is 0 Å². The molecule has 0 spiro atoms. The smallest absolute Gasteiger partial charge is 0.129 e. The molecule has 1 fully saturated rings. The minimum atomic E-state index is -0.0328. The molecule has 1 aliphatic heterocycles. The van der Waals surface area contributed by atoms with Crippen LogP contribution in [0.4, 0.5) is 0 Å². The molecule has 4 heteroatoms. The average Bonchev–Trinajstić information content (AvgIpc) is 3.04. The Balaban J connectivity index is 1.46. The summed E-state index contributed by atoms with van der Waals surface area (Å²) in [5.74, 6) is 1.53. The summed E-state index contributed by atoms with van der Waals surface area (Å²) in [4.78, 5) is 2.56. The van der Waals surface area contributed by atoms with Gasteiger partial charge in [0, 0.05) is 25.2 Å². The first-order chi connectivity index (χ1) is 11.2. The summed E-state index contributed by atoms with van der Waals surface area (Å²) < 4.78 is 5.53. The second-order valence-corrected chi connectivity index (χ2v) is 6.43. The number of likely N-dealkylation sites (tertiary alicyclic amines) is 1. The summed E-state index contributed by atoms with van der Waals surface area (Å²) >= 11 is 0. The van der Waals surface area contributed by atoms with Gasteiger partial charge < -0.3 is 14.8 Å². The molecule has 0 aliphatic carbocycles. The molecule has 0 amide bonds. The van der Waals surface area contributed by atoms with Crippen molar-refractivity contribution in [2.75, 3.05) is 6.54 Å². The molecule has 23 heavy (non-hydrogen) atoms. The van der Waals surface area contributed by atoms with Crippen LogP contribution in [0.1, 0.15) is 36.8 Å². The van der Waals surface area contributed by atoms with E-state index in [1.807, 2.05) is 12.1 Å². The van der Waals surface area contributed by atoms with Crippen LogP contribution in [0.25, 0.3) is 0 Å². The van der Waals surface area contributed by atoms with Crippen LogP contribution in [0.3, 0.4) is 0 Å². The fraction of sp³-hybridized carbons (Fsp3) is 0.474. The quantitative estimate of drug-likeness (QED) is 0.861. The van der Waals surface area contributed by atoms with Gasteiger partial charge in [-0.15, -0.1) is 0 Å². The van der Waals surface area contributed by atoms with Gasteiger partial charge in [0.1, 0.15) is 18.1 Å². The van der Waals surface area contributed by atoms with Gasteiger partial charge in [-0.05, 0) is 37.5 Å². The fourth-order valence-corrected chi connectivity index (χ4v) is 3.31. The third kappa shape index (κ3) is 4.44. The van der Waals surface area contributed by atoms with Gasteiger partial charge >= 0.3 is 0 Å². The zero-order chi connectivity index (χ0) is 16.1. The van der Waals surface area contributed by atoms with Crippen molar-refractivity contribution in [2.24, 2.45) is 0 Å². The molecule has 2 atom stereocenters. The van der Waals surface area contributed by atoms with Crippen molar-refractivity contribution in [1.29, 1.82) is 0 Å². The Morgan fingerprint density at radius 2 is 1.96 bits per heavy atom. The molecular formula is C19H26N2O2. The molecule has 0 bridgehead atoms. The zero-order valence-electron chi connectivity index (χ0n) is 13.7. The van der Waals surface area contributed by atoms with E-state index in [2.05, 4.69) is 47.5 Å². The Hall–Kier alpha value is -1.62. The maximum Gasteiger partial charge on any atom is 0.129 e. The minimum absolute atomic E-state index is 0.0328. The first-order valence-electron chi connectivity index (χ1n) is 8.44. The van der Waals surface area contributed by atoms with Crippen LogP contribution in [0.2, 0.25) is 0 Å². The molecule has 1 saturated heterocycles. The van der Waals surface area contributed by atoms with Crippen LogP contribution in [-0.2, 0) is 19.7 Å². The average molecular weight is 314 g/mol. The number of benzene rings is 1. The lowest BCUT2D eigenvalue weighted by Crippen LogP contribution is -2.46. The number of aliphatic hydroxyl groups is 1. The van der Waals surface area contributed by atoms with Crippen molar-refractivity contribution in [3.8, 4) is 0 Å². The van der Waals surface area contributed by atoms with E-state index >= 15 is 0 Å². The van der Waals surface area contributed by atoms with E-state index in [4.69, 9.17) is 9.52 Å². The van der Waals surface area contributed by atoms with Gasteiger partial charge in [-0.25, -0.2) is 0 Å². The highest BCUT2D eigenvalue weighted by atomic mass is 16.4. The largest absolute Gasteiger partial charge is 0.462 e. The summed E-state index contributed by atoms with van der Waals surface area (Å²) in [5.41, 5.74) is 1.39. The summed E-state index contributed by atoms with van der Waals surface area (Å²) in [7, 11) is 0. The number of hydrogen-bond donors (Lipinski definition) is 2. The maximum atomic E-state index is 9.03. The monoisotopic (exact) mass is 314 g/mol. The van der Waals surface area contributed by atoms with Gasteiger partial charge in [0.05, 0.1) is 6.54 Å². The van der Waals surface area contributed by atoms with Gasteiger partial charge in [-0.1, -0.05) is 30.3 Å². The second kappa shape index (κ2) is 7.77. The first kappa shape index (κ1) is 16.2. The highest BCUT2D eigenvalue weighted by Gasteiger charge is 2.25. The Bertz CT molecular complexity index is 596. The SMILES string of the molecule is C[C@@H]1C[C@H](NCc2ccc(CO)o2)CCN1Cc1ccccc1.